The highest BCUT2D eigenvalue weighted by molar-refractivity contribution is 7.90. The summed E-state index contributed by atoms with van der Waals surface area (Å²) in [5, 5.41) is 4.47. The van der Waals surface area contributed by atoms with Crippen molar-refractivity contribution >= 4 is 33.0 Å². The van der Waals surface area contributed by atoms with Gasteiger partial charge in [-0.05, 0) is 6.07 Å². The van der Waals surface area contributed by atoms with Gasteiger partial charge in [0.25, 0.3) is 0 Å². The van der Waals surface area contributed by atoms with E-state index in [4.69, 9.17) is 23.2 Å². The highest BCUT2D eigenvalue weighted by Gasteiger charge is 2.17. The summed E-state index contributed by atoms with van der Waals surface area (Å²) >= 11 is 11.8. The van der Waals surface area contributed by atoms with Crippen molar-refractivity contribution in [3.63, 3.8) is 0 Å². The van der Waals surface area contributed by atoms with E-state index in [2.05, 4.69) is 10.1 Å². The summed E-state index contributed by atoms with van der Waals surface area (Å²) in [6, 6.07) is 1.74. The van der Waals surface area contributed by atoms with Gasteiger partial charge < -0.3 is 0 Å². The highest BCUT2D eigenvalue weighted by atomic mass is 35.5. The van der Waals surface area contributed by atoms with Crippen LogP contribution in [-0.4, -0.2) is 28.9 Å². The molecule has 19 heavy (non-hydrogen) atoms. The molecule has 0 aliphatic rings. The first-order valence-electron chi connectivity index (χ1n) is 5.44. The van der Waals surface area contributed by atoms with Crippen LogP contribution in [0.5, 0.6) is 0 Å². The van der Waals surface area contributed by atoms with Gasteiger partial charge in [0.15, 0.2) is 9.84 Å². The van der Waals surface area contributed by atoms with Gasteiger partial charge in [-0.3, -0.25) is 9.67 Å². The van der Waals surface area contributed by atoms with E-state index in [0.717, 1.165) is 0 Å². The van der Waals surface area contributed by atoms with Crippen molar-refractivity contribution in [2.75, 3.05) is 5.75 Å². The van der Waals surface area contributed by atoms with Gasteiger partial charge in [-0.15, -0.1) is 0 Å². The quantitative estimate of drug-likeness (QED) is 0.847. The molecule has 2 heterocycles. The van der Waals surface area contributed by atoms with Crippen molar-refractivity contribution in [1.29, 1.82) is 0 Å². The molecule has 102 valence electrons. The van der Waals surface area contributed by atoms with Crippen molar-refractivity contribution in [2.24, 2.45) is 0 Å². The Morgan fingerprint density at radius 2 is 1.89 bits per heavy atom. The summed E-state index contributed by atoms with van der Waals surface area (Å²) in [6.07, 6.45) is 6.07. The fraction of sp³-hybridized carbons (Fsp3) is 0.273. The molecule has 0 fully saturated rings. The van der Waals surface area contributed by atoms with Gasteiger partial charge in [0.05, 0.1) is 28.1 Å². The Morgan fingerprint density at radius 3 is 2.47 bits per heavy atom. The standard InChI is InChI=1S/C11H11Cl2N3O2S/c12-10-6-14-7-11(13)9(10)8-19(17,18)5-4-16-3-1-2-15-16/h1-3,6-7H,4-5,8H2. The number of pyridine rings is 1. The van der Waals surface area contributed by atoms with Crippen molar-refractivity contribution in [2.45, 2.75) is 12.3 Å². The maximum absolute atomic E-state index is 12.0. The van der Waals surface area contributed by atoms with Gasteiger partial charge in [0.2, 0.25) is 0 Å². The summed E-state index contributed by atoms with van der Waals surface area (Å²) in [6.45, 7) is 0.301. The third-order valence-corrected chi connectivity index (χ3v) is 4.69. The second-order valence-electron chi connectivity index (χ2n) is 3.94. The Kier molecular flexibility index (Phi) is 4.44. The summed E-state index contributed by atoms with van der Waals surface area (Å²) in [5.41, 5.74) is 0.388. The molecule has 2 rings (SSSR count). The zero-order valence-corrected chi connectivity index (χ0v) is 12.2. The molecule has 5 nitrogen and oxygen atoms in total. The molecule has 0 aliphatic heterocycles. The number of aromatic nitrogens is 3. The lowest BCUT2D eigenvalue weighted by molar-refractivity contribution is 0.580. The molecular weight excluding hydrogens is 309 g/mol. The molecule has 0 N–H and O–H groups in total. The molecule has 0 saturated carbocycles. The third kappa shape index (κ3) is 3.92. The molecule has 2 aromatic heterocycles. The summed E-state index contributed by atoms with van der Waals surface area (Å²) in [4.78, 5) is 3.79. The van der Waals surface area contributed by atoms with E-state index in [1.54, 1.807) is 23.1 Å². The van der Waals surface area contributed by atoms with Gasteiger partial charge in [-0.1, -0.05) is 23.2 Å². The first kappa shape index (κ1) is 14.3. The fourth-order valence-electron chi connectivity index (χ4n) is 1.53. The van der Waals surface area contributed by atoms with E-state index in [1.165, 1.54) is 12.4 Å². The van der Waals surface area contributed by atoms with Crippen LogP contribution in [0.25, 0.3) is 0 Å². The number of rotatable bonds is 5. The molecule has 0 aromatic carbocycles. The molecule has 0 bridgehead atoms. The molecule has 0 radical (unpaired) electrons. The average Bonchev–Trinajstić information content (AvgIpc) is 2.85. The van der Waals surface area contributed by atoms with Crippen molar-refractivity contribution < 1.29 is 8.42 Å². The van der Waals surface area contributed by atoms with Gasteiger partial charge in [0.1, 0.15) is 0 Å². The van der Waals surface area contributed by atoms with Crippen LogP contribution in [0.15, 0.2) is 30.9 Å². The van der Waals surface area contributed by atoms with Crippen LogP contribution in [0.4, 0.5) is 0 Å². The van der Waals surface area contributed by atoms with Crippen LogP contribution in [0, 0.1) is 0 Å². The summed E-state index contributed by atoms with van der Waals surface area (Å²) < 4.78 is 25.6. The third-order valence-electron chi connectivity index (χ3n) is 2.51. The maximum Gasteiger partial charge on any atom is 0.156 e. The van der Waals surface area contributed by atoms with Crippen LogP contribution in [0.2, 0.25) is 10.0 Å². The minimum absolute atomic E-state index is 0.0241. The number of halogens is 2. The predicted octanol–water partition coefficient (Wildman–Crippen LogP) is 2.20. The summed E-state index contributed by atoms with van der Waals surface area (Å²) in [7, 11) is -3.31. The first-order chi connectivity index (χ1) is 8.98. The monoisotopic (exact) mass is 319 g/mol. The molecule has 0 saturated heterocycles. The molecule has 2 aromatic rings. The molecule has 0 amide bonds. The number of aryl methyl sites for hydroxylation is 1. The van der Waals surface area contributed by atoms with Crippen LogP contribution in [-0.2, 0) is 22.1 Å². The molecular formula is C11H11Cl2N3O2S. The van der Waals surface area contributed by atoms with Crippen LogP contribution < -0.4 is 0 Å². The van der Waals surface area contributed by atoms with Crippen LogP contribution in [0.1, 0.15) is 5.56 Å². The topological polar surface area (TPSA) is 64.8 Å². The zero-order chi connectivity index (χ0) is 13.9. The largest absolute Gasteiger partial charge is 0.272 e. The van der Waals surface area contributed by atoms with E-state index >= 15 is 0 Å². The van der Waals surface area contributed by atoms with E-state index in [9.17, 15) is 8.42 Å². The molecule has 8 heteroatoms. The lowest BCUT2D eigenvalue weighted by atomic mass is 10.3. The Balaban J connectivity index is 2.09. The van der Waals surface area contributed by atoms with Gasteiger partial charge in [-0.2, -0.15) is 5.10 Å². The molecule has 0 aliphatic carbocycles. The Morgan fingerprint density at radius 1 is 1.21 bits per heavy atom. The Labute approximate surface area is 121 Å². The van der Waals surface area contributed by atoms with E-state index in [-0.39, 0.29) is 21.6 Å². The SMILES string of the molecule is O=S(=O)(CCn1cccn1)Cc1c(Cl)cncc1Cl. The van der Waals surface area contributed by atoms with Crippen molar-refractivity contribution in [3.05, 3.63) is 46.5 Å². The number of hydrogen-bond acceptors (Lipinski definition) is 4. The number of hydrogen-bond donors (Lipinski definition) is 0. The highest BCUT2D eigenvalue weighted by Crippen LogP contribution is 2.25. The maximum atomic E-state index is 12.0. The van der Waals surface area contributed by atoms with Gasteiger partial charge in [-0.25, -0.2) is 8.42 Å². The first-order valence-corrected chi connectivity index (χ1v) is 8.01. The lowest BCUT2D eigenvalue weighted by Crippen LogP contribution is -2.15. The average molecular weight is 320 g/mol. The van der Waals surface area contributed by atoms with E-state index in [0.29, 0.717) is 12.1 Å². The fourth-order valence-corrected chi connectivity index (χ4v) is 3.55. The van der Waals surface area contributed by atoms with Crippen molar-refractivity contribution in [1.82, 2.24) is 14.8 Å². The van der Waals surface area contributed by atoms with Crippen LogP contribution >= 0.6 is 23.2 Å². The van der Waals surface area contributed by atoms with Crippen molar-refractivity contribution in [3.8, 4) is 0 Å². The van der Waals surface area contributed by atoms with Crippen LogP contribution in [0.3, 0.4) is 0 Å². The second-order valence-corrected chi connectivity index (χ2v) is 6.94. The molecule has 0 atom stereocenters. The second kappa shape index (κ2) is 5.90. The minimum atomic E-state index is -3.31. The Bertz CT molecular complexity index is 636. The van der Waals surface area contributed by atoms with E-state index in [1.807, 2.05) is 0 Å². The zero-order valence-electron chi connectivity index (χ0n) is 9.83. The smallest absolute Gasteiger partial charge is 0.156 e. The predicted molar refractivity (Wildman–Crippen MR) is 74.0 cm³/mol. The summed E-state index contributed by atoms with van der Waals surface area (Å²) in [5.74, 6) is -0.224. The normalized spacial score (nSPS) is 11.7. The Hall–Kier alpha value is -1.11. The van der Waals surface area contributed by atoms with E-state index < -0.39 is 9.84 Å². The number of sulfone groups is 1. The van der Waals surface area contributed by atoms with Gasteiger partial charge in [0, 0.05) is 30.4 Å². The number of nitrogens with zero attached hydrogens (tertiary/aromatic N) is 3. The van der Waals surface area contributed by atoms with Gasteiger partial charge >= 0.3 is 0 Å². The molecule has 0 spiro atoms. The lowest BCUT2D eigenvalue weighted by Gasteiger charge is -2.08. The minimum Gasteiger partial charge on any atom is -0.272 e. The molecule has 0 unspecified atom stereocenters.